The summed E-state index contributed by atoms with van der Waals surface area (Å²) in [6.07, 6.45) is 12.7. The molecule has 1 aromatic heterocycles. The molecule has 0 N–H and O–H groups in total. The van der Waals surface area contributed by atoms with Crippen LogP contribution in [0.15, 0.2) is 72.6 Å². The summed E-state index contributed by atoms with van der Waals surface area (Å²) < 4.78 is 6.37. The number of ether oxygens (including phenoxy) is 1. The Hall–Kier alpha value is -4.88. The van der Waals surface area contributed by atoms with Crippen molar-refractivity contribution in [1.82, 2.24) is 24.7 Å². The van der Waals surface area contributed by atoms with E-state index in [1.165, 1.54) is 28.4 Å². The molecular weight excluding hydrogens is 600 g/mol. The second-order valence-corrected chi connectivity index (χ2v) is 13.3. The number of nitriles is 1. The van der Waals surface area contributed by atoms with Gasteiger partial charge in [0.1, 0.15) is 18.1 Å². The largest absolute Gasteiger partial charge is 0.462 e. The van der Waals surface area contributed by atoms with E-state index in [0.717, 1.165) is 43.0 Å². The molecule has 0 saturated carbocycles. The van der Waals surface area contributed by atoms with Gasteiger partial charge in [0.15, 0.2) is 0 Å². The topological polar surface area (TPSA) is 92.1 Å². The summed E-state index contributed by atoms with van der Waals surface area (Å²) in [7, 11) is 4.03. The number of amides is 1. The van der Waals surface area contributed by atoms with Gasteiger partial charge in [0.25, 0.3) is 5.91 Å². The van der Waals surface area contributed by atoms with Gasteiger partial charge in [-0.3, -0.25) is 4.79 Å². The number of anilines is 2. The molecule has 3 aromatic rings. The Kier molecular flexibility index (Phi) is 9.04. The number of aryl methyl sites for hydroxylation is 1. The summed E-state index contributed by atoms with van der Waals surface area (Å²) >= 11 is 0. The number of fused-ring (bicyclic) bond motifs is 2. The first-order valence-corrected chi connectivity index (χ1v) is 17.1. The van der Waals surface area contributed by atoms with Gasteiger partial charge in [-0.15, -0.1) is 0 Å². The van der Waals surface area contributed by atoms with E-state index < -0.39 is 0 Å². The smallest absolute Gasteiger partial charge is 0.318 e. The van der Waals surface area contributed by atoms with Crippen molar-refractivity contribution in [3.63, 3.8) is 0 Å². The zero-order valence-electron chi connectivity index (χ0n) is 28.2. The number of likely N-dealkylation sites (tertiary alicyclic amines) is 1. The molecule has 0 unspecified atom stereocenters. The first-order chi connectivity index (χ1) is 23.4. The van der Waals surface area contributed by atoms with Gasteiger partial charge in [0.05, 0.1) is 30.8 Å². The van der Waals surface area contributed by atoms with E-state index in [1.54, 1.807) is 0 Å². The van der Waals surface area contributed by atoms with Crippen LogP contribution in [0.1, 0.15) is 36.1 Å². The highest BCUT2D eigenvalue weighted by Gasteiger charge is 2.36. The summed E-state index contributed by atoms with van der Waals surface area (Å²) in [6, 6.07) is 15.8. The molecular formula is C38H44N8O2. The Bertz CT molecular complexity index is 1820. The number of hydrogen-bond acceptors (Lipinski definition) is 9. The Labute approximate surface area is 283 Å². The maximum Gasteiger partial charge on any atom is 0.318 e. The summed E-state index contributed by atoms with van der Waals surface area (Å²) in [5, 5.41) is 12.3. The lowest BCUT2D eigenvalue weighted by atomic mass is 9.99. The zero-order chi connectivity index (χ0) is 33.2. The van der Waals surface area contributed by atoms with Crippen LogP contribution in [0.2, 0.25) is 0 Å². The number of rotatable bonds is 7. The number of benzene rings is 2. The highest BCUT2D eigenvalue weighted by molar-refractivity contribution is 5.97. The standard InChI is InChI=1S/C38H44N8O2/c1-27-10-7-11-28-12-8-15-33(35(27)28)44-21-17-31-32(25-44)40-38(48-26-30-13-9-20-42(30)2)41-36(31)45-22-23-46(29(24-45)16-18-39)37(47)34-14-5-4-6-19-43(34)3/h4-8,10-12,14-15,19,29-30H,9,13,16-17,20-26H2,1-3H3/t29-,30-/m0/s1. The van der Waals surface area contributed by atoms with Crippen LogP contribution in [0.4, 0.5) is 11.5 Å². The summed E-state index contributed by atoms with van der Waals surface area (Å²) in [5.41, 5.74) is 5.18. The Morgan fingerprint density at radius 1 is 1.00 bits per heavy atom. The monoisotopic (exact) mass is 644 g/mol. The lowest BCUT2D eigenvalue weighted by molar-refractivity contribution is -0.131. The minimum atomic E-state index is -0.275. The molecule has 2 aromatic carbocycles. The molecule has 4 aliphatic heterocycles. The second-order valence-electron chi connectivity index (χ2n) is 13.3. The van der Waals surface area contributed by atoms with Crippen LogP contribution in [-0.4, -0.2) is 96.1 Å². The number of nitrogens with zero attached hydrogens (tertiary/aromatic N) is 8. The lowest BCUT2D eigenvalue weighted by Crippen LogP contribution is -2.56. The first-order valence-electron chi connectivity index (χ1n) is 17.1. The van der Waals surface area contributed by atoms with Crippen molar-refractivity contribution in [2.75, 3.05) is 63.2 Å². The summed E-state index contributed by atoms with van der Waals surface area (Å²) in [4.78, 5) is 34.7. The number of carbonyl (C=O) groups is 1. The molecule has 4 aliphatic rings. The van der Waals surface area contributed by atoms with Crippen molar-refractivity contribution in [2.24, 2.45) is 0 Å². The van der Waals surface area contributed by atoms with Crippen LogP contribution in [0.3, 0.4) is 0 Å². The van der Waals surface area contributed by atoms with Crippen molar-refractivity contribution < 1.29 is 9.53 Å². The van der Waals surface area contributed by atoms with Crippen LogP contribution >= 0.6 is 0 Å². The van der Waals surface area contributed by atoms with Gasteiger partial charge in [0.2, 0.25) is 0 Å². The van der Waals surface area contributed by atoms with Crippen LogP contribution in [0.25, 0.3) is 10.8 Å². The number of piperazine rings is 1. The highest BCUT2D eigenvalue weighted by Crippen LogP contribution is 2.36. The predicted octanol–water partition coefficient (Wildman–Crippen LogP) is 4.80. The number of aromatic nitrogens is 2. The molecule has 0 radical (unpaired) electrons. The molecule has 0 bridgehead atoms. The lowest BCUT2D eigenvalue weighted by Gasteiger charge is -2.43. The minimum absolute atomic E-state index is 0.0657. The van der Waals surface area contributed by atoms with Gasteiger partial charge in [0, 0.05) is 62.1 Å². The molecule has 1 amide bonds. The molecule has 10 heteroatoms. The fourth-order valence-corrected chi connectivity index (χ4v) is 7.60. The van der Waals surface area contributed by atoms with Gasteiger partial charge in [-0.05, 0) is 68.9 Å². The van der Waals surface area contributed by atoms with E-state index in [2.05, 4.69) is 71.1 Å². The third-order valence-electron chi connectivity index (χ3n) is 10.3. The van der Waals surface area contributed by atoms with Crippen molar-refractivity contribution >= 4 is 28.2 Å². The quantitative estimate of drug-likeness (QED) is 0.360. The van der Waals surface area contributed by atoms with Crippen LogP contribution in [-0.2, 0) is 17.8 Å². The maximum atomic E-state index is 13.8. The maximum absolute atomic E-state index is 13.8. The van der Waals surface area contributed by atoms with Gasteiger partial charge < -0.3 is 29.2 Å². The molecule has 7 rings (SSSR count). The molecule has 2 atom stereocenters. The average Bonchev–Trinajstić information content (AvgIpc) is 3.39. The van der Waals surface area contributed by atoms with E-state index in [1.807, 2.05) is 47.4 Å². The van der Waals surface area contributed by atoms with Crippen LogP contribution in [0, 0.1) is 18.3 Å². The minimum Gasteiger partial charge on any atom is -0.462 e. The number of allylic oxidation sites excluding steroid dienone is 4. The van der Waals surface area contributed by atoms with E-state index in [-0.39, 0.29) is 18.4 Å². The fourth-order valence-electron chi connectivity index (χ4n) is 7.60. The molecule has 2 saturated heterocycles. The summed E-state index contributed by atoms with van der Waals surface area (Å²) in [5.74, 6) is 0.805. The fraction of sp³-hybridized carbons (Fsp3) is 0.421. The van der Waals surface area contributed by atoms with E-state index >= 15 is 0 Å². The normalized spacial score (nSPS) is 21.2. The van der Waals surface area contributed by atoms with Crippen molar-refractivity contribution in [1.29, 1.82) is 5.26 Å². The predicted molar refractivity (Wildman–Crippen MR) is 189 cm³/mol. The van der Waals surface area contributed by atoms with Gasteiger partial charge >= 0.3 is 6.01 Å². The highest BCUT2D eigenvalue weighted by atomic mass is 16.5. The van der Waals surface area contributed by atoms with Crippen molar-refractivity contribution in [3.05, 3.63) is 89.4 Å². The number of carbonyl (C=O) groups excluding carboxylic acids is 1. The first kappa shape index (κ1) is 31.7. The molecule has 48 heavy (non-hydrogen) atoms. The van der Waals surface area contributed by atoms with Crippen molar-refractivity contribution in [3.8, 4) is 12.1 Å². The third-order valence-corrected chi connectivity index (χ3v) is 10.3. The number of likely N-dealkylation sites (N-methyl/N-ethyl adjacent to an activating group) is 2. The SMILES string of the molecule is Cc1cccc2cccc(N3CCc4c(nc(OC[C@@H]5CCCN5C)nc4N4CCN(C(=O)C5=CC=CC=CN5C)[C@@H](CC#N)C4)C3)c12. The molecule has 10 nitrogen and oxygen atoms in total. The van der Waals surface area contributed by atoms with Crippen LogP contribution in [0.5, 0.6) is 6.01 Å². The van der Waals surface area contributed by atoms with Gasteiger partial charge in [-0.1, -0.05) is 42.5 Å². The molecule has 5 heterocycles. The third kappa shape index (κ3) is 6.22. The van der Waals surface area contributed by atoms with E-state index in [9.17, 15) is 10.1 Å². The second kappa shape index (κ2) is 13.7. The molecule has 248 valence electrons. The number of hydrogen-bond donors (Lipinski definition) is 0. The van der Waals surface area contributed by atoms with E-state index in [0.29, 0.717) is 50.5 Å². The summed E-state index contributed by atoms with van der Waals surface area (Å²) in [6.45, 7) is 6.91. The van der Waals surface area contributed by atoms with Gasteiger partial charge in [-0.25, -0.2) is 0 Å². The van der Waals surface area contributed by atoms with Gasteiger partial charge in [-0.2, -0.15) is 15.2 Å². The van der Waals surface area contributed by atoms with Crippen LogP contribution < -0.4 is 14.5 Å². The van der Waals surface area contributed by atoms with E-state index in [4.69, 9.17) is 14.7 Å². The Balaban J connectivity index is 1.20. The average molecular weight is 645 g/mol. The molecule has 2 fully saturated rings. The molecule has 0 spiro atoms. The molecule has 0 aliphatic carbocycles. The Morgan fingerprint density at radius 3 is 2.67 bits per heavy atom. The zero-order valence-corrected chi connectivity index (χ0v) is 28.2. The van der Waals surface area contributed by atoms with Crippen molar-refractivity contribution in [2.45, 2.75) is 51.2 Å². The Morgan fingerprint density at radius 2 is 1.85 bits per heavy atom.